The molecule has 2 N–H and O–H groups in total. The van der Waals surface area contributed by atoms with Crippen molar-refractivity contribution in [2.75, 3.05) is 12.8 Å². The van der Waals surface area contributed by atoms with Gasteiger partial charge < -0.3 is 15.2 Å². The van der Waals surface area contributed by atoms with Crippen LogP contribution >= 0.6 is 0 Å². The lowest BCUT2D eigenvalue weighted by Crippen LogP contribution is -2.10. The molecular formula is C15H15NO3. The zero-order chi connectivity index (χ0) is 13.8. The number of methoxy groups -OCH3 is 1. The van der Waals surface area contributed by atoms with Gasteiger partial charge in [0.1, 0.15) is 0 Å². The van der Waals surface area contributed by atoms with Crippen LogP contribution in [0.25, 0.3) is 0 Å². The maximum absolute atomic E-state index is 12.0. The van der Waals surface area contributed by atoms with Crippen LogP contribution in [0.1, 0.15) is 15.9 Å². The molecule has 2 rings (SSSR count). The lowest BCUT2D eigenvalue weighted by atomic mass is 10.1. The molecule has 19 heavy (non-hydrogen) atoms. The minimum absolute atomic E-state index is 0.383. The quantitative estimate of drug-likeness (QED) is 0.522. The zero-order valence-electron chi connectivity index (χ0n) is 10.8. The summed E-state index contributed by atoms with van der Waals surface area (Å²) >= 11 is 0. The van der Waals surface area contributed by atoms with Gasteiger partial charge in [0.05, 0.1) is 12.7 Å². The highest BCUT2D eigenvalue weighted by Gasteiger charge is 2.12. The summed E-state index contributed by atoms with van der Waals surface area (Å²) in [5.41, 5.74) is 7.68. The van der Waals surface area contributed by atoms with Crippen LogP contribution in [0.3, 0.4) is 0 Å². The summed E-state index contributed by atoms with van der Waals surface area (Å²) in [6.45, 7) is 1.88. The molecule has 0 radical (unpaired) electrons. The third kappa shape index (κ3) is 2.85. The smallest absolute Gasteiger partial charge is 0.343 e. The van der Waals surface area contributed by atoms with Gasteiger partial charge in [-0.25, -0.2) is 4.79 Å². The number of hydrogen-bond acceptors (Lipinski definition) is 4. The van der Waals surface area contributed by atoms with E-state index in [1.807, 2.05) is 6.92 Å². The Balaban J connectivity index is 2.23. The second kappa shape index (κ2) is 5.44. The van der Waals surface area contributed by atoms with Crippen molar-refractivity contribution in [2.24, 2.45) is 0 Å². The van der Waals surface area contributed by atoms with Crippen molar-refractivity contribution >= 4 is 11.7 Å². The fourth-order valence-electron chi connectivity index (χ4n) is 1.63. The van der Waals surface area contributed by atoms with Crippen LogP contribution in [0.2, 0.25) is 0 Å². The van der Waals surface area contributed by atoms with Gasteiger partial charge in [-0.05, 0) is 36.8 Å². The molecule has 4 heteroatoms. The molecule has 0 heterocycles. The number of benzene rings is 2. The van der Waals surface area contributed by atoms with Crippen molar-refractivity contribution in [3.63, 3.8) is 0 Å². The van der Waals surface area contributed by atoms with Gasteiger partial charge in [0, 0.05) is 5.69 Å². The number of hydrogen-bond donors (Lipinski definition) is 1. The number of nitrogen functional groups attached to an aromatic ring is 1. The van der Waals surface area contributed by atoms with Crippen molar-refractivity contribution in [1.82, 2.24) is 0 Å². The Labute approximate surface area is 111 Å². The molecule has 0 saturated heterocycles. The number of esters is 1. The van der Waals surface area contributed by atoms with Gasteiger partial charge in [-0.2, -0.15) is 0 Å². The van der Waals surface area contributed by atoms with Crippen molar-refractivity contribution in [3.05, 3.63) is 53.6 Å². The van der Waals surface area contributed by atoms with Crippen molar-refractivity contribution in [1.29, 1.82) is 0 Å². The van der Waals surface area contributed by atoms with Gasteiger partial charge in [0.2, 0.25) is 0 Å². The first-order valence-corrected chi connectivity index (χ1v) is 5.83. The molecule has 0 bridgehead atoms. The third-order valence-corrected chi connectivity index (χ3v) is 2.79. The van der Waals surface area contributed by atoms with E-state index in [1.54, 1.807) is 42.5 Å². The van der Waals surface area contributed by atoms with E-state index in [0.717, 1.165) is 5.56 Å². The number of aryl methyl sites for hydroxylation is 1. The highest BCUT2D eigenvalue weighted by Crippen LogP contribution is 2.27. The Morgan fingerprint density at radius 3 is 2.42 bits per heavy atom. The minimum Gasteiger partial charge on any atom is -0.493 e. The van der Waals surface area contributed by atoms with Crippen molar-refractivity contribution in [3.8, 4) is 11.5 Å². The number of rotatable bonds is 3. The van der Waals surface area contributed by atoms with Crippen molar-refractivity contribution in [2.45, 2.75) is 6.92 Å². The average molecular weight is 257 g/mol. The molecule has 0 spiro atoms. The highest BCUT2D eigenvalue weighted by molar-refractivity contribution is 5.92. The summed E-state index contributed by atoms with van der Waals surface area (Å²) in [7, 11) is 1.52. The van der Waals surface area contributed by atoms with Crippen LogP contribution in [-0.4, -0.2) is 13.1 Å². The molecule has 0 saturated carbocycles. The topological polar surface area (TPSA) is 61.5 Å². The Kier molecular flexibility index (Phi) is 3.71. The molecule has 2 aromatic rings. The van der Waals surface area contributed by atoms with E-state index in [4.69, 9.17) is 15.2 Å². The molecule has 0 fully saturated rings. The van der Waals surface area contributed by atoms with E-state index in [0.29, 0.717) is 22.7 Å². The number of para-hydroxylation sites is 2. The number of nitrogens with two attached hydrogens (primary N) is 1. The maximum atomic E-state index is 12.0. The van der Waals surface area contributed by atoms with Crippen LogP contribution in [-0.2, 0) is 0 Å². The first kappa shape index (κ1) is 13.0. The second-order valence-electron chi connectivity index (χ2n) is 4.11. The van der Waals surface area contributed by atoms with Gasteiger partial charge in [0.25, 0.3) is 0 Å². The number of ether oxygens (including phenoxy) is 2. The first-order valence-electron chi connectivity index (χ1n) is 5.83. The Morgan fingerprint density at radius 1 is 1.11 bits per heavy atom. The molecular weight excluding hydrogens is 242 g/mol. The van der Waals surface area contributed by atoms with Gasteiger partial charge in [0.15, 0.2) is 11.5 Å². The lowest BCUT2D eigenvalue weighted by Gasteiger charge is -2.09. The SMILES string of the molecule is COc1ccccc1OC(=O)c1ccc(C)c(N)c1. The van der Waals surface area contributed by atoms with E-state index in [1.165, 1.54) is 7.11 Å². The number of anilines is 1. The van der Waals surface area contributed by atoms with Crippen LogP contribution in [0.4, 0.5) is 5.69 Å². The Morgan fingerprint density at radius 2 is 1.79 bits per heavy atom. The van der Waals surface area contributed by atoms with E-state index in [9.17, 15) is 4.79 Å². The van der Waals surface area contributed by atoms with Gasteiger partial charge in [-0.15, -0.1) is 0 Å². The zero-order valence-corrected chi connectivity index (χ0v) is 10.8. The number of carbonyl (C=O) groups excluding carboxylic acids is 1. The fourth-order valence-corrected chi connectivity index (χ4v) is 1.63. The Bertz CT molecular complexity index is 608. The van der Waals surface area contributed by atoms with Crippen LogP contribution in [0, 0.1) is 6.92 Å². The lowest BCUT2D eigenvalue weighted by molar-refractivity contribution is 0.0730. The monoisotopic (exact) mass is 257 g/mol. The van der Waals surface area contributed by atoms with E-state index >= 15 is 0 Å². The fraction of sp³-hybridized carbons (Fsp3) is 0.133. The summed E-state index contributed by atoms with van der Waals surface area (Å²) in [6.07, 6.45) is 0. The predicted octanol–water partition coefficient (Wildman–Crippen LogP) is 2.81. The predicted molar refractivity (Wildman–Crippen MR) is 73.5 cm³/mol. The van der Waals surface area contributed by atoms with Crippen LogP contribution in [0.15, 0.2) is 42.5 Å². The van der Waals surface area contributed by atoms with E-state index < -0.39 is 5.97 Å². The Hall–Kier alpha value is -2.49. The largest absolute Gasteiger partial charge is 0.493 e. The van der Waals surface area contributed by atoms with Gasteiger partial charge >= 0.3 is 5.97 Å². The summed E-state index contributed by atoms with van der Waals surface area (Å²) in [5.74, 6) is 0.432. The summed E-state index contributed by atoms with van der Waals surface area (Å²) in [6, 6.07) is 12.1. The second-order valence-corrected chi connectivity index (χ2v) is 4.11. The first-order chi connectivity index (χ1) is 9.11. The molecule has 98 valence electrons. The molecule has 0 aliphatic carbocycles. The molecule has 4 nitrogen and oxygen atoms in total. The molecule has 0 aromatic heterocycles. The van der Waals surface area contributed by atoms with E-state index in [2.05, 4.69) is 0 Å². The van der Waals surface area contributed by atoms with Crippen LogP contribution in [0.5, 0.6) is 11.5 Å². The summed E-state index contributed by atoms with van der Waals surface area (Å²) in [4.78, 5) is 12.0. The van der Waals surface area contributed by atoms with E-state index in [-0.39, 0.29) is 0 Å². The maximum Gasteiger partial charge on any atom is 0.343 e. The van der Waals surface area contributed by atoms with Gasteiger partial charge in [-0.3, -0.25) is 0 Å². The number of carbonyl (C=O) groups is 1. The van der Waals surface area contributed by atoms with Gasteiger partial charge in [-0.1, -0.05) is 18.2 Å². The molecule has 0 aliphatic heterocycles. The average Bonchev–Trinajstić information content (AvgIpc) is 2.42. The highest BCUT2D eigenvalue weighted by atomic mass is 16.6. The third-order valence-electron chi connectivity index (χ3n) is 2.79. The molecule has 0 aliphatic rings. The summed E-state index contributed by atoms with van der Waals surface area (Å²) < 4.78 is 10.4. The standard InChI is InChI=1S/C15H15NO3/c1-10-7-8-11(9-12(10)16)15(17)19-14-6-4-3-5-13(14)18-2/h3-9H,16H2,1-2H3. The molecule has 0 atom stereocenters. The normalized spacial score (nSPS) is 10.0. The van der Waals surface area contributed by atoms with Crippen LogP contribution < -0.4 is 15.2 Å². The molecule has 0 amide bonds. The summed E-state index contributed by atoms with van der Waals surface area (Å²) in [5, 5.41) is 0. The molecule has 2 aromatic carbocycles. The molecule has 0 unspecified atom stereocenters. The minimum atomic E-state index is -0.462. The van der Waals surface area contributed by atoms with Crippen molar-refractivity contribution < 1.29 is 14.3 Å².